The van der Waals surface area contributed by atoms with Gasteiger partial charge in [-0.1, -0.05) is 11.6 Å². The van der Waals surface area contributed by atoms with Gasteiger partial charge in [0.1, 0.15) is 11.6 Å². The first-order valence-corrected chi connectivity index (χ1v) is 5.30. The molecule has 1 heterocycles. The van der Waals surface area contributed by atoms with E-state index in [1.165, 1.54) is 0 Å². The normalized spacial score (nSPS) is 9.94. The summed E-state index contributed by atoms with van der Waals surface area (Å²) in [6.45, 7) is 2.02. The van der Waals surface area contributed by atoms with E-state index in [9.17, 15) is 0 Å². The molecule has 1 aromatic carbocycles. The predicted molar refractivity (Wildman–Crippen MR) is 64.6 cm³/mol. The Morgan fingerprint density at radius 2 is 2.29 bits per heavy atom. The summed E-state index contributed by atoms with van der Waals surface area (Å²) in [6.07, 6.45) is 2.02. The van der Waals surface area contributed by atoms with Gasteiger partial charge in [0.05, 0.1) is 25.2 Å². The van der Waals surface area contributed by atoms with Crippen LogP contribution in [0.2, 0.25) is 0 Å². The molecule has 2 rings (SSSR count). The van der Waals surface area contributed by atoms with Crippen LogP contribution in [0.25, 0.3) is 11.4 Å². The maximum Gasteiger partial charge on any atom is 0.141 e. The summed E-state index contributed by atoms with van der Waals surface area (Å²) in [5, 5.41) is 8.62. The van der Waals surface area contributed by atoms with Crippen LogP contribution in [0.5, 0.6) is 5.75 Å². The van der Waals surface area contributed by atoms with Crippen LogP contribution in [0.3, 0.4) is 0 Å². The highest BCUT2D eigenvalue weighted by Crippen LogP contribution is 2.28. The molecule has 17 heavy (non-hydrogen) atoms. The molecule has 1 N–H and O–H groups in total. The molecule has 4 heteroatoms. The number of benzene rings is 1. The molecule has 0 spiro atoms. The second kappa shape index (κ2) is 4.71. The maximum absolute atomic E-state index is 8.62. The van der Waals surface area contributed by atoms with Crippen LogP contribution in [0.1, 0.15) is 11.3 Å². The quantitative estimate of drug-likeness (QED) is 0.876. The largest absolute Gasteiger partial charge is 0.496 e. The molecule has 0 aliphatic rings. The van der Waals surface area contributed by atoms with Gasteiger partial charge in [-0.05, 0) is 19.1 Å². The SMILES string of the molecule is COc1ccc(C)cc1-c1ncc(CC#N)[nH]1. The van der Waals surface area contributed by atoms with Crippen molar-refractivity contribution in [1.82, 2.24) is 9.97 Å². The van der Waals surface area contributed by atoms with Crippen LogP contribution in [-0.4, -0.2) is 17.1 Å². The van der Waals surface area contributed by atoms with Crippen LogP contribution in [0.15, 0.2) is 24.4 Å². The Bertz CT molecular complexity index is 566. The number of aromatic amines is 1. The Balaban J connectivity index is 2.44. The van der Waals surface area contributed by atoms with Gasteiger partial charge in [-0.3, -0.25) is 0 Å². The van der Waals surface area contributed by atoms with Crippen molar-refractivity contribution in [3.05, 3.63) is 35.7 Å². The van der Waals surface area contributed by atoms with Crippen molar-refractivity contribution in [2.24, 2.45) is 0 Å². The van der Waals surface area contributed by atoms with Gasteiger partial charge in [0.25, 0.3) is 0 Å². The topological polar surface area (TPSA) is 61.7 Å². The first-order valence-electron chi connectivity index (χ1n) is 5.30. The lowest BCUT2D eigenvalue weighted by atomic mass is 10.1. The fraction of sp³-hybridized carbons (Fsp3) is 0.231. The Hall–Kier alpha value is -2.28. The average Bonchev–Trinajstić information content (AvgIpc) is 2.78. The number of aromatic nitrogens is 2. The number of imidazole rings is 1. The first kappa shape index (κ1) is 11.2. The number of hydrogen-bond acceptors (Lipinski definition) is 3. The van der Waals surface area contributed by atoms with E-state index in [1.54, 1.807) is 13.3 Å². The van der Waals surface area contributed by atoms with Crippen molar-refractivity contribution in [2.75, 3.05) is 7.11 Å². The lowest BCUT2D eigenvalue weighted by Crippen LogP contribution is -1.90. The molecule has 0 saturated carbocycles. The summed E-state index contributed by atoms with van der Waals surface area (Å²) in [4.78, 5) is 7.39. The summed E-state index contributed by atoms with van der Waals surface area (Å²) in [5.41, 5.74) is 2.86. The molecule has 0 aliphatic heterocycles. The van der Waals surface area contributed by atoms with Crippen molar-refractivity contribution >= 4 is 0 Å². The highest BCUT2D eigenvalue weighted by molar-refractivity contribution is 5.65. The van der Waals surface area contributed by atoms with E-state index in [0.717, 1.165) is 28.4 Å². The molecular weight excluding hydrogens is 214 g/mol. The summed E-state index contributed by atoms with van der Waals surface area (Å²) < 4.78 is 5.30. The van der Waals surface area contributed by atoms with Crippen molar-refractivity contribution in [2.45, 2.75) is 13.3 Å². The van der Waals surface area contributed by atoms with Crippen LogP contribution in [0, 0.1) is 18.3 Å². The molecule has 0 aliphatic carbocycles. The highest BCUT2D eigenvalue weighted by atomic mass is 16.5. The second-order valence-corrected chi connectivity index (χ2v) is 3.80. The van der Waals surface area contributed by atoms with Crippen LogP contribution in [0.4, 0.5) is 0 Å². The van der Waals surface area contributed by atoms with Crippen molar-refractivity contribution in [3.8, 4) is 23.2 Å². The second-order valence-electron chi connectivity index (χ2n) is 3.80. The van der Waals surface area contributed by atoms with Gasteiger partial charge in [-0.25, -0.2) is 4.98 Å². The molecule has 0 atom stereocenters. The Kier molecular flexibility index (Phi) is 3.10. The van der Waals surface area contributed by atoms with Crippen molar-refractivity contribution < 1.29 is 4.74 Å². The van der Waals surface area contributed by atoms with E-state index in [0.29, 0.717) is 6.42 Å². The van der Waals surface area contributed by atoms with Gasteiger partial charge >= 0.3 is 0 Å². The standard InChI is InChI=1S/C13H13N3O/c1-9-3-4-12(17-2)11(7-9)13-15-8-10(16-13)5-6-14/h3-4,7-8H,5H2,1-2H3,(H,15,16). The fourth-order valence-electron chi connectivity index (χ4n) is 1.68. The van der Waals surface area contributed by atoms with Crippen molar-refractivity contribution in [3.63, 3.8) is 0 Å². The van der Waals surface area contributed by atoms with Gasteiger partial charge in [-0.15, -0.1) is 0 Å². The van der Waals surface area contributed by atoms with Gasteiger partial charge in [0, 0.05) is 11.9 Å². The number of hydrogen-bond donors (Lipinski definition) is 1. The van der Waals surface area contributed by atoms with E-state index >= 15 is 0 Å². The molecule has 4 nitrogen and oxygen atoms in total. The summed E-state index contributed by atoms with van der Waals surface area (Å²) in [6, 6.07) is 8.00. The molecule has 1 aromatic heterocycles. The van der Waals surface area contributed by atoms with E-state index in [2.05, 4.69) is 16.0 Å². The molecule has 86 valence electrons. The molecule has 0 amide bonds. The lowest BCUT2D eigenvalue weighted by Gasteiger charge is -2.06. The zero-order valence-corrected chi connectivity index (χ0v) is 9.82. The van der Waals surface area contributed by atoms with Gasteiger partial charge in [-0.2, -0.15) is 5.26 Å². The zero-order valence-electron chi connectivity index (χ0n) is 9.82. The molecule has 0 fully saturated rings. The van der Waals surface area contributed by atoms with Gasteiger partial charge in [0.2, 0.25) is 0 Å². The minimum Gasteiger partial charge on any atom is -0.496 e. The Morgan fingerprint density at radius 3 is 3.00 bits per heavy atom. The van der Waals surface area contributed by atoms with Crippen molar-refractivity contribution in [1.29, 1.82) is 5.26 Å². The Morgan fingerprint density at radius 1 is 1.47 bits per heavy atom. The molecule has 0 bridgehead atoms. The number of aryl methyl sites for hydroxylation is 1. The van der Waals surface area contributed by atoms with E-state index in [4.69, 9.17) is 10.00 Å². The predicted octanol–water partition coefficient (Wildman–Crippen LogP) is 2.46. The molecule has 0 saturated heterocycles. The van der Waals surface area contributed by atoms with E-state index in [-0.39, 0.29) is 0 Å². The zero-order chi connectivity index (χ0) is 12.3. The minimum absolute atomic E-state index is 0.334. The minimum atomic E-state index is 0.334. The Labute approximate surface area is 99.9 Å². The highest BCUT2D eigenvalue weighted by Gasteiger charge is 2.09. The third kappa shape index (κ3) is 2.28. The lowest BCUT2D eigenvalue weighted by molar-refractivity contribution is 0.416. The summed E-state index contributed by atoms with van der Waals surface area (Å²) in [5.74, 6) is 1.50. The van der Waals surface area contributed by atoms with Crippen LogP contribution in [-0.2, 0) is 6.42 Å². The number of methoxy groups -OCH3 is 1. The molecule has 0 radical (unpaired) electrons. The van der Waals surface area contributed by atoms with E-state index in [1.807, 2.05) is 25.1 Å². The number of nitriles is 1. The molecule has 0 unspecified atom stereocenters. The number of nitrogens with zero attached hydrogens (tertiary/aromatic N) is 2. The first-order chi connectivity index (χ1) is 8.24. The van der Waals surface area contributed by atoms with Gasteiger partial charge < -0.3 is 9.72 Å². The monoisotopic (exact) mass is 227 g/mol. The third-order valence-corrected chi connectivity index (χ3v) is 2.51. The van der Waals surface area contributed by atoms with E-state index < -0.39 is 0 Å². The molecular formula is C13H13N3O. The molecule has 2 aromatic rings. The number of nitrogens with one attached hydrogen (secondary N) is 1. The fourth-order valence-corrected chi connectivity index (χ4v) is 1.68. The average molecular weight is 227 g/mol. The number of H-pyrrole nitrogens is 1. The van der Waals surface area contributed by atoms with Crippen LogP contribution < -0.4 is 4.74 Å². The summed E-state index contributed by atoms with van der Waals surface area (Å²) in [7, 11) is 1.63. The summed E-state index contributed by atoms with van der Waals surface area (Å²) >= 11 is 0. The maximum atomic E-state index is 8.62. The van der Waals surface area contributed by atoms with Gasteiger partial charge in [0.15, 0.2) is 0 Å². The third-order valence-electron chi connectivity index (χ3n) is 2.51. The number of rotatable bonds is 3. The van der Waals surface area contributed by atoms with Crippen LogP contribution >= 0.6 is 0 Å². The number of ether oxygens (including phenoxy) is 1. The smallest absolute Gasteiger partial charge is 0.141 e.